The van der Waals surface area contributed by atoms with Crippen LogP contribution in [0.15, 0.2) is 0 Å². The van der Waals surface area contributed by atoms with Crippen molar-refractivity contribution in [1.29, 1.82) is 0 Å². The molecule has 1 amide bonds. The lowest BCUT2D eigenvalue weighted by atomic mass is 9.77. The van der Waals surface area contributed by atoms with Crippen LogP contribution in [0.3, 0.4) is 0 Å². The van der Waals surface area contributed by atoms with Crippen LogP contribution in [0.5, 0.6) is 0 Å². The monoisotopic (exact) mass is 297 g/mol. The van der Waals surface area contributed by atoms with Gasteiger partial charge in [-0.15, -0.1) is 0 Å². The van der Waals surface area contributed by atoms with Crippen LogP contribution in [0.2, 0.25) is 0 Å². The maximum Gasteiger partial charge on any atom is 0.220 e. The SMILES string of the molecule is CCCCCCCCCC(=O)NC1(CO)CCC(C)CC1. The third-order valence-electron chi connectivity index (χ3n) is 4.95. The van der Waals surface area contributed by atoms with Gasteiger partial charge in [-0.1, -0.05) is 52.4 Å². The molecule has 21 heavy (non-hydrogen) atoms. The van der Waals surface area contributed by atoms with Gasteiger partial charge in [0.05, 0.1) is 12.1 Å². The Hall–Kier alpha value is -0.570. The summed E-state index contributed by atoms with van der Waals surface area (Å²) in [6, 6.07) is 0. The number of aliphatic hydroxyl groups is 1. The van der Waals surface area contributed by atoms with E-state index in [1.54, 1.807) is 0 Å². The summed E-state index contributed by atoms with van der Waals surface area (Å²) < 4.78 is 0. The van der Waals surface area contributed by atoms with E-state index in [4.69, 9.17) is 0 Å². The first-order chi connectivity index (χ1) is 10.1. The minimum Gasteiger partial charge on any atom is -0.394 e. The molecule has 0 heterocycles. The van der Waals surface area contributed by atoms with Crippen molar-refractivity contribution in [3.05, 3.63) is 0 Å². The van der Waals surface area contributed by atoms with Crippen molar-refractivity contribution in [3.8, 4) is 0 Å². The van der Waals surface area contributed by atoms with Crippen molar-refractivity contribution < 1.29 is 9.90 Å². The fourth-order valence-corrected chi connectivity index (χ4v) is 3.24. The third-order valence-corrected chi connectivity index (χ3v) is 4.95. The van der Waals surface area contributed by atoms with Crippen molar-refractivity contribution in [1.82, 2.24) is 5.32 Å². The molecule has 0 aromatic rings. The first kappa shape index (κ1) is 18.5. The minimum atomic E-state index is -0.329. The molecule has 124 valence electrons. The second kappa shape index (κ2) is 10.2. The first-order valence-corrected chi connectivity index (χ1v) is 9.04. The molecule has 1 rings (SSSR count). The summed E-state index contributed by atoms with van der Waals surface area (Å²) in [7, 11) is 0. The lowest BCUT2D eigenvalue weighted by molar-refractivity contribution is -0.124. The van der Waals surface area contributed by atoms with E-state index in [0.717, 1.165) is 44.4 Å². The van der Waals surface area contributed by atoms with Crippen LogP contribution in [0.25, 0.3) is 0 Å². The second-order valence-electron chi connectivity index (χ2n) is 7.04. The van der Waals surface area contributed by atoms with Gasteiger partial charge in [0.15, 0.2) is 0 Å². The van der Waals surface area contributed by atoms with Crippen molar-refractivity contribution in [2.45, 2.75) is 96.4 Å². The Morgan fingerprint density at radius 3 is 2.24 bits per heavy atom. The summed E-state index contributed by atoms with van der Waals surface area (Å²) >= 11 is 0. The Labute approximate surface area is 130 Å². The van der Waals surface area contributed by atoms with Crippen molar-refractivity contribution in [2.75, 3.05) is 6.61 Å². The van der Waals surface area contributed by atoms with E-state index >= 15 is 0 Å². The molecular weight excluding hydrogens is 262 g/mol. The number of amides is 1. The Morgan fingerprint density at radius 2 is 1.67 bits per heavy atom. The maximum atomic E-state index is 12.1. The average molecular weight is 297 g/mol. The molecule has 2 N–H and O–H groups in total. The Bertz CT molecular complexity index is 283. The zero-order valence-electron chi connectivity index (χ0n) is 14.1. The largest absolute Gasteiger partial charge is 0.394 e. The molecule has 0 aromatic heterocycles. The number of rotatable bonds is 10. The molecule has 1 fully saturated rings. The van der Waals surface area contributed by atoms with E-state index in [-0.39, 0.29) is 18.1 Å². The predicted molar refractivity (Wildman–Crippen MR) is 88.2 cm³/mol. The summed E-state index contributed by atoms with van der Waals surface area (Å²) in [5.74, 6) is 0.858. The Morgan fingerprint density at radius 1 is 1.10 bits per heavy atom. The molecule has 0 radical (unpaired) electrons. The van der Waals surface area contributed by atoms with Crippen molar-refractivity contribution >= 4 is 5.91 Å². The Kier molecular flexibility index (Phi) is 8.98. The molecule has 0 unspecified atom stereocenters. The molecule has 0 spiro atoms. The van der Waals surface area contributed by atoms with Crippen LogP contribution in [-0.2, 0) is 4.79 Å². The van der Waals surface area contributed by atoms with Gasteiger partial charge >= 0.3 is 0 Å². The topological polar surface area (TPSA) is 49.3 Å². The quantitative estimate of drug-likeness (QED) is 0.594. The normalized spacial score (nSPS) is 25.8. The number of unbranched alkanes of at least 4 members (excludes halogenated alkanes) is 6. The van der Waals surface area contributed by atoms with Gasteiger partial charge in [-0.3, -0.25) is 4.79 Å². The smallest absolute Gasteiger partial charge is 0.220 e. The van der Waals surface area contributed by atoms with Gasteiger partial charge in [-0.25, -0.2) is 0 Å². The summed E-state index contributed by atoms with van der Waals surface area (Å²) in [6.45, 7) is 4.57. The van der Waals surface area contributed by atoms with Crippen LogP contribution >= 0.6 is 0 Å². The number of hydrogen-bond acceptors (Lipinski definition) is 2. The zero-order valence-corrected chi connectivity index (χ0v) is 14.1. The van der Waals surface area contributed by atoms with Gasteiger partial charge in [0.25, 0.3) is 0 Å². The first-order valence-electron chi connectivity index (χ1n) is 9.04. The van der Waals surface area contributed by atoms with E-state index in [1.807, 2.05) is 0 Å². The summed E-state index contributed by atoms with van der Waals surface area (Å²) in [4.78, 5) is 12.1. The third kappa shape index (κ3) is 7.30. The predicted octanol–water partition coefficient (Wildman–Crippen LogP) is 4.18. The summed E-state index contributed by atoms with van der Waals surface area (Å²) in [5.41, 5.74) is -0.329. The molecule has 0 atom stereocenters. The lowest BCUT2D eigenvalue weighted by Crippen LogP contribution is -2.53. The molecule has 0 aromatic carbocycles. The average Bonchev–Trinajstić information content (AvgIpc) is 2.49. The van der Waals surface area contributed by atoms with Gasteiger partial charge in [0.2, 0.25) is 5.91 Å². The summed E-state index contributed by atoms with van der Waals surface area (Å²) in [5, 5.41) is 12.8. The van der Waals surface area contributed by atoms with Crippen LogP contribution in [0.4, 0.5) is 0 Å². The molecule has 3 nitrogen and oxygen atoms in total. The highest BCUT2D eigenvalue weighted by molar-refractivity contribution is 5.76. The van der Waals surface area contributed by atoms with E-state index in [2.05, 4.69) is 19.2 Å². The molecule has 1 aliphatic rings. The zero-order chi connectivity index (χ0) is 15.6. The molecule has 1 saturated carbocycles. The number of hydrogen-bond donors (Lipinski definition) is 2. The molecule has 1 aliphatic carbocycles. The number of carbonyl (C=O) groups excluding carboxylic acids is 1. The lowest BCUT2D eigenvalue weighted by Gasteiger charge is -2.38. The van der Waals surface area contributed by atoms with Gasteiger partial charge in [0, 0.05) is 6.42 Å². The summed E-state index contributed by atoms with van der Waals surface area (Å²) in [6.07, 6.45) is 13.3. The van der Waals surface area contributed by atoms with Crippen LogP contribution in [0.1, 0.15) is 90.9 Å². The molecule has 0 saturated heterocycles. The molecule has 3 heteroatoms. The van der Waals surface area contributed by atoms with E-state index in [1.165, 1.54) is 32.1 Å². The van der Waals surface area contributed by atoms with E-state index in [0.29, 0.717) is 6.42 Å². The second-order valence-corrected chi connectivity index (χ2v) is 7.04. The van der Waals surface area contributed by atoms with Crippen LogP contribution < -0.4 is 5.32 Å². The maximum absolute atomic E-state index is 12.1. The van der Waals surface area contributed by atoms with Crippen molar-refractivity contribution in [2.24, 2.45) is 5.92 Å². The minimum absolute atomic E-state index is 0.0858. The van der Waals surface area contributed by atoms with Gasteiger partial charge in [-0.05, 0) is 38.0 Å². The number of nitrogens with one attached hydrogen (secondary N) is 1. The van der Waals surface area contributed by atoms with Gasteiger partial charge < -0.3 is 10.4 Å². The molecular formula is C18H35NO2. The van der Waals surface area contributed by atoms with Crippen molar-refractivity contribution in [3.63, 3.8) is 0 Å². The molecule has 0 bridgehead atoms. The van der Waals surface area contributed by atoms with Crippen LogP contribution in [0, 0.1) is 5.92 Å². The number of carbonyl (C=O) groups is 1. The fraction of sp³-hybridized carbons (Fsp3) is 0.944. The van der Waals surface area contributed by atoms with E-state index in [9.17, 15) is 9.90 Å². The number of aliphatic hydroxyl groups excluding tert-OH is 1. The standard InChI is InChI=1S/C18H35NO2/c1-3-4-5-6-7-8-9-10-17(21)19-18(15-20)13-11-16(2)12-14-18/h16,20H,3-15H2,1-2H3,(H,19,21). The highest BCUT2D eigenvalue weighted by Gasteiger charge is 2.34. The van der Waals surface area contributed by atoms with Crippen LogP contribution in [-0.4, -0.2) is 23.2 Å². The fourth-order valence-electron chi connectivity index (χ4n) is 3.24. The molecule has 0 aliphatic heterocycles. The highest BCUT2D eigenvalue weighted by Crippen LogP contribution is 2.31. The Balaban J connectivity index is 2.14. The highest BCUT2D eigenvalue weighted by atomic mass is 16.3. The van der Waals surface area contributed by atoms with E-state index < -0.39 is 0 Å². The van der Waals surface area contributed by atoms with Gasteiger partial charge in [-0.2, -0.15) is 0 Å². The van der Waals surface area contributed by atoms with Gasteiger partial charge in [0.1, 0.15) is 0 Å².